The van der Waals surface area contributed by atoms with Crippen molar-refractivity contribution in [1.29, 1.82) is 0 Å². The second-order valence-electron chi connectivity index (χ2n) is 4.47. The van der Waals surface area contributed by atoms with Crippen LogP contribution >= 0.6 is 116 Å². The van der Waals surface area contributed by atoms with Crippen LogP contribution in [0.15, 0.2) is 11.8 Å². The van der Waals surface area contributed by atoms with Crippen molar-refractivity contribution in [2.45, 2.75) is 28.6 Å². The number of fused-ring (bicyclic) bond motifs is 1. The van der Waals surface area contributed by atoms with Gasteiger partial charge < -0.3 is 0 Å². The Hall–Kier alpha value is 2.11. The fourth-order valence-corrected chi connectivity index (χ4v) is 5.53. The van der Waals surface area contributed by atoms with Crippen molar-refractivity contribution < 1.29 is 4.79 Å². The van der Waals surface area contributed by atoms with E-state index in [1.165, 1.54) is 6.08 Å². The predicted molar refractivity (Wildman–Crippen MR) is 91.7 cm³/mol. The van der Waals surface area contributed by atoms with E-state index in [1.54, 1.807) is 0 Å². The lowest BCUT2D eigenvalue weighted by Gasteiger charge is -2.58. The minimum absolute atomic E-state index is 0.0785. The van der Waals surface area contributed by atoms with Crippen molar-refractivity contribution in [3.8, 4) is 0 Å². The second kappa shape index (κ2) is 5.30. The Morgan fingerprint density at radius 3 is 1.86 bits per heavy atom. The topological polar surface area (TPSA) is 20.3 Å². The molecule has 2 rings (SSSR count). The van der Waals surface area contributed by atoms with Gasteiger partial charge in [0.1, 0.15) is 0 Å². The summed E-state index contributed by atoms with van der Waals surface area (Å²) in [7, 11) is 0. The zero-order valence-electron chi connectivity index (χ0n) is 9.42. The summed E-state index contributed by atoms with van der Waals surface area (Å²) >= 11 is 61.4. The maximum atomic E-state index is 12.1. The molecule has 0 saturated carbocycles. The molecule has 1 fully saturated rings. The second-order valence-corrected chi connectivity index (χ2v) is 10.8. The Morgan fingerprint density at radius 1 is 0.905 bits per heavy atom. The molecule has 0 aromatic carbocycles. The van der Waals surface area contributed by atoms with Crippen LogP contribution < -0.4 is 0 Å². The van der Waals surface area contributed by atoms with Crippen LogP contribution in [0.5, 0.6) is 0 Å². The Balaban J connectivity index is 2.83. The quantitative estimate of drug-likeness (QED) is 0.301. The summed E-state index contributed by atoms with van der Waals surface area (Å²) in [6.45, 7) is 0. The highest BCUT2D eigenvalue weighted by molar-refractivity contribution is 6.75. The SMILES string of the molecule is O=C1N(Cl)C2=CCC(Cl)(Cl)C(Cl)(Cl)C2(Cl)C(Cl)(Cl)C1(Cl)Cl. The first-order valence-electron chi connectivity index (χ1n) is 5.07. The van der Waals surface area contributed by atoms with Crippen molar-refractivity contribution >= 4 is 122 Å². The van der Waals surface area contributed by atoms with E-state index >= 15 is 0 Å². The average Bonchev–Trinajstić information content (AvgIpc) is 2.33. The number of piperidine rings is 1. The Bertz CT molecular complexity index is 541. The molecule has 0 radical (unpaired) electrons. The van der Waals surface area contributed by atoms with Crippen LogP contribution in [0.25, 0.3) is 0 Å². The molecule has 1 amide bonds. The zero-order valence-corrected chi connectivity index (χ0v) is 17.0. The molecule has 1 atom stereocenters. The van der Waals surface area contributed by atoms with Crippen LogP contribution in [0, 0.1) is 0 Å². The number of halogens is 10. The summed E-state index contributed by atoms with van der Waals surface area (Å²) in [6.07, 6.45) is 1.26. The first-order valence-corrected chi connectivity index (χ1v) is 8.81. The molecule has 21 heavy (non-hydrogen) atoms. The van der Waals surface area contributed by atoms with Crippen molar-refractivity contribution in [3.63, 3.8) is 0 Å². The van der Waals surface area contributed by atoms with E-state index in [4.69, 9.17) is 116 Å². The lowest BCUT2D eigenvalue weighted by atomic mass is 9.81. The number of hydrogen-bond donors (Lipinski definition) is 0. The van der Waals surface area contributed by atoms with Gasteiger partial charge in [-0.3, -0.25) is 4.79 Å². The maximum absolute atomic E-state index is 12.1. The van der Waals surface area contributed by atoms with E-state index in [0.29, 0.717) is 4.42 Å². The summed E-state index contributed by atoms with van der Waals surface area (Å²) in [6, 6.07) is 0. The van der Waals surface area contributed by atoms with E-state index in [2.05, 4.69) is 0 Å². The zero-order chi connectivity index (χ0) is 16.6. The molecule has 2 aliphatic rings. The third kappa shape index (κ3) is 2.18. The molecule has 0 spiro atoms. The fourth-order valence-electron chi connectivity index (χ4n) is 2.06. The van der Waals surface area contributed by atoms with E-state index in [9.17, 15) is 4.79 Å². The number of nitrogens with zero attached hydrogens (tertiary/aromatic N) is 1. The van der Waals surface area contributed by atoms with Crippen LogP contribution in [0.1, 0.15) is 6.42 Å². The molecule has 0 bridgehead atoms. The van der Waals surface area contributed by atoms with Crippen molar-refractivity contribution in [2.75, 3.05) is 0 Å². The van der Waals surface area contributed by atoms with Gasteiger partial charge in [-0.05, 0) is 0 Å². The third-order valence-corrected chi connectivity index (χ3v) is 9.65. The number of amides is 1. The van der Waals surface area contributed by atoms with Gasteiger partial charge in [0.25, 0.3) is 5.91 Å². The van der Waals surface area contributed by atoms with Crippen molar-refractivity contribution in [3.05, 3.63) is 11.8 Å². The molecule has 1 heterocycles. The Kier molecular flexibility index (Phi) is 4.91. The molecular weight excluding hydrogens is 493 g/mol. The molecule has 2 nitrogen and oxygen atoms in total. The highest BCUT2D eigenvalue weighted by Crippen LogP contribution is 2.71. The van der Waals surface area contributed by atoms with Gasteiger partial charge in [-0.1, -0.05) is 98.9 Å². The van der Waals surface area contributed by atoms with E-state index in [0.717, 1.165) is 0 Å². The van der Waals surface area contributed by atoms with Crippen LogP contribution in [-0.2, 0) is 4.79 Å². The van der Waals surface area contributed by atoms with Crippen molar-refractivity contribution in [1.82, 2.24) is 4.42 Å². The lowest BCUT2D eigenvalue weighted by Crippen LogP contribution is -2.75. The maximum Gasteiger partial charge on any atom is 0.281 e. The molecule has 0 aromatic rings. The minimum atomic E-state index is -2.45. The molecule has 1 aliphatic carbocycles. The normalized spacial score (nSPS) is 36.0. The van der Waals surface area contributed by atoms with Crippen LogP contribution in [0.4, 0.5) is 0 Å². The third-order valence-electron chi connectivity index (χ3n) is 3.28. The predicted octanol–water partition coefficient (Wildman–Crippen LogP) is 5.94. The highest BCUT2D eigenvalue weighted by atomic mass is 35.6. The van der Waals surface area contributed by atoms with Gasteiger partial charge in [0.05, 0.1) is 5.70 Å². The summed E-state index contributed by atoms with van der Waals surface area (Å²) in [5, 5.41) is 0. The van der Waals surface area contributed by atoms with E-state index in [-0.39, 0.29) is 12.1 Å². The van der Waals surface area contributed by atoms with Gasteiger partial charge in [0, 0.05) is 18.2 Å². The summed E-state index contributed by atoms with van der Waals surface area (Å²) in [5.41, 5.74) is -0.111. The Labute approximate surface area is 170 Å². The molecule has 120 valence electrons. The van der Waals surface area contributed by atoms with Gasteiger partial charge in [0.2, 0.25) is 4.33 Å². The van der Waals surface area contributed by atoms with Gasteiger partial charge >= 0.3 is 0 Å². The van der Waals surface area contributed by atoms with Gasteiger partial charge in [-0.15, -0.1) is 11.6 Å². The summed E-state index contributed by atoms with van der Waals surface area (Å²) in [4.78, 5) is 9.97. The Morgan fingerprint density at radius 2 is 1.38 bits per heavy atom. The molecular formula is C9H3Cl10NO. The number of hydrogen-bond acceptors (Lipinski definition) is 1. The molecule has 0 aromatic heterocycles. The molecule has 0 N–H and O–H groups in total. The number of carbonyl (C=O) groups is 1. The van der Waals surface area contributed by atoms with Gasteiger partial charge in [0.15, 0.2) is 17.9 Å². The largest absolute Gasteiger partial charge is 0.281 e. The van der Waals surface area contributed by atoms with Crippen molar-refractivity contribution in [2.24, 2.45) is 0 Å². The minimum Gasteiger partial charge on any atom is -0.270 e. The summed E-state index contributed by atoms with van der Waals surface area (Å²) < 4.78 is -8.26. The van der Waals surface area contributed by atoms with E-state index in [1.807, 2.05) is 0 Å². The monoisotopic (exact) mass is 491 g/mol. The van der Waals surface area contributed by atoms with E-state index < -0.39 is 28.1 Å². The molecule has 1 aliphatic heterocycles. The number of allylic oxidation sites excluding steroid dienone is 2. The number of alkyl halides is 9. The first-order chi connectivity index (χ1) is 9.16. The van der Waals surface area contributed by atoms with Gasteiger partial charge in [-0.25, -0.2) is 4.42 Å². The van der Waals surface area contributed by atoms with Crippen LogP contribution in [0.3, 0.4) is 0 Å². The molecule has 12 heteroatoms. The lowest BCUT2D eigenvalue weighted by molar-refractivity contribution is -0.128. The standard InChI is InChI=1S/C9H3Cl10NO/c10-5(11)2-1-3-6(12,8(5,15)16)9(17,18)7(13,14)4(21)20(3)19/h1H,2H2. The number of rotatable bonds is 0. The fraction of sp³-hybridized carbons (Fsp3) is 0.667. The summed E-state index contributed by atoms with van der Waals surface area (Å²) in [5.74, 6) is -1.01. The van der Waals surface area contributed by atoms with Crippen LogP contribution in [0.2, 0.25) is 0 Å². The highest BCUT2D eigenvalue weighted by Gasteiger charge is 2.81. The first kappa shape index (κ1) is 19.4. The molecule has 1 saturated heterocycles. The van der Waals surface area contributed by atoms with Gasteiger partial charge in [-0.2, -0.15) is 0 Å². The van der Waals surface area contributed by atoms with Crippen LogP contribution in [-0.4, -0.2) is 32.5 Å². The number of carbonyl (C=O) groups excluding carboxylic acids is 1. The smallest absolute Gasteiger partial charge is 0.270 e. The molecule has 1 unspecified atom stereocenters. The average molecular weight is 496 g/mol.